The number of anilines is 4. The van der Waals surface area contributed by atoms with Gasteiger partial charge in [0.15, 0.2) is 23.0 Å². The summed E-state index contributed by atoms with van der Waals surface area (Å²) in [6.45, 7) is 1.12. The first-order valence-corrected chi connectivity index (χ1v) is 21.1. The van der Waals surface area contributed by atoms with Gasteiger partial charge in [0.25, 0.3) is 5.91 Å². The third kappa shape index (κ3) is 10.9. The number of benzene rings is 2. The monoisotopic (exact) mass is 946 g/mol. The van der Waals surface area contributed by atoms with Crippen LogP contribution in [0.15, 0.2) is 104 Å². The molecular weight excluding hydrogens is 912 g/mol. The summed E-state index contributed by atoms with van der Waals surface area (Å²) >= 11 is 10.3. The molecule has 1 amide bonds. The van der Waals surface area contributed by atoms with Crippen molar-refractivity contribution in [1.29, 1.82) is 0 Å². The first-order chi connectivity index (χ1) is 28.1. The molecule has 298 valence electrons. The number of hydrogen-bond donors (Lipinski definition) is 4. The van der Waals surface area contributed by atoms with E-state index in [4.69, 9.17) is 31.4 Å². The lowest BCUT2D eigenvalue weighted by molar-refractivity contribution is 0.0595. The summed E-state index contributed by atoms with van der Waals surface area (Å²) in [4.78, 5) is 51.7. The number of hydrogen-bond acceptors (Lipinski definition) is 16. The fourth-order valence-electron chi connectivity index (χ4n) is 5.22. The predicted octanol–water partition coefficient (Wildman–Crippen LogP) is 7.82. The van der Waals surface area contributed by atoms with E-state index in [1.807, 2.05) is 48.5 Å². The topological polar surface area (TPSA) is 229 Å². The number of amides is 1. The lowest BCUT2D eigenvalue weighted by Crippen LogP contribution is -2.18. The Morgan fingerprint density at radius 1 is 0.914 bits per heavy atom. The van der Waals surface area contributed by atoms with Gasteiger partial charge in [0.05, 0.1) is 67.9 Å². The van der Waals surface area contributed by atoms with E-state index in [-0.39, 0.29) is 23.0 Å². The summed E-state index contributed by atoms with van der Waals surface area (Å²) in [5, 5.41) is 2.85. The van der Waals surface area contributed by atoms with Crippen LogP contribution in [0.1, 0.15) is 33.8 Å². The van der Waals surface area contributed by atoms with Crippen LogP contribution in [0.3, 0.4) is 0 Å². The van der Waals surface area contributed by atoms with Crippen LogP contribution in [-0.2, 0) is 4.74 Å². The molecule has 7 N–H and O–H groups in total. The average molecular weight is 949 g/mol. The summed E-state index contributed by atoms with van der Waals surface area (Å²) < 4.78 is 18.1. The van der Waals surface area contributed by atoms with Crippen molar-refractivity contribution >= 4 is 90.3 Å². The predicted molar refractivity (Wildman–Crippen MR) is 233 cm³/mol. The van der Waals surface area contributed by atoms with E-state index >= 15 is 0 Å². The number of fused-ring (bicyclic) bond motifs is 6. The number of nitrogens with zero attached hydrogens (tertiary/aromatic N) is 6. The van der Waals surface area contributed by atoms with Crippen LogP contribution in [0.5, 0.6) is 11.5 Å². The fourth-order valence-corrected chi connectivity index (χ4v) is 7.88. The molecule has 15 nitrogen and oxygen atoms in total. The van der Waals surface area contributed by atoms with Gasteiger partial charge in [0.1, 0.15) is 11.5 Å². The summed E-state index contributed by atoms with van der Waals surface area (Å²) in [7, 11) is 1.27. The molecule has 0 radical (unpaired) electrons. The molecule has 0 spiro atoms. The molecule has 58 heavy (non-hydrogen) atoms. The Morgan fingerprint density at radius 3 is 2.43 bits per heavy atom. The zero-order valence-corrected chi connectivity index (χ0v) is 35.7. The largest absolute Gasteiger partial charge is 0.494 e. The highest BCUT2D eigenvalue weighted by atomic mass is 79.9. The fraction of sp³-hybridized carbons (Fsp3) is 0.179. The van der Waals surface area contributed by atoms with E-state index in [2.05, 4.69) is 67.1 Å². The van der Waals surface area contributed by atoms with E-state index < -0.39 is 11.9 Å². The van der Waals surface area contributed by atoms with Gasteiger partial charge in [-0.15, -0.1) is 23.5 Å². The number of carbonyl (C=O) groups excluding carboxylic acids is 2. The maximum atomic E-state index is 12.8. The molecule has 4 bridgehead atoms. The van der Waals surface area contributed by atoms with Crippen molar-refractivity contribution in [2.24, 2.45) is 0 Å². The van der Waals surface area contributed by atoms with Crippen LogP contribution in [-0.4, -0.2) is 73.6 Å². The highest BCUT2D eigenvalue weighted by Crippen LogP contribution is 2.34. The third-order valence-electron chi connectivity index (χ3n) is 8.09. The van der Waals surface area contributed by atoms with Gasteiger partial charge in [0, 0.05) is 53.8 Å². The molecule has 6 aromatic rings. The Hall–Kier alpha value is -5.50. The number of nitrogens with one attached hydrogen (secondary N) is 1. The molecule has 19 heteroatoms. The van der Waals surface area contributed by atoms with E-state index in [1.165, 1.54) is 13.3 Å². The van der Waals surface area contributed by atoms with Crippen LogP contribution in [0.2, 0.25) is 0 Å². The van der Waals surface area contributed by atoms with Gasteiger partial charge in [-0.1, -0.05) is 31.9 Å². The molecule has 0 fully saturated rings. The number of carbonyl (C=O) groups is 2. The first-order valence-electron chi connectivity index (χ1n) is 17.5. The SMILES string of the molecule is COC(=O)c1nc(-c2cc(OCCCSc3ccncc3N)ccc2Br)cnc1N.Nc1ncc2nc1C(=O)Nc1cnccc1SCCCOc1ccc(Br)c-2c1. The molecule has 0 atom stereocenters. The maximum absolute atomic E-state index is 12.8. The lowest BCUT2D eigenvalue weighted by Gasteiger charge is -2.11. The summed E-state index contributed by atoms with van der Waals surface area (Å²) in [6.07, 6.45) is 11.4. The van der Waals surface area contributed by atoms with Crippen molar-refractivity contribution in [3.8, 4) is 34.0 Å². The van der Waals surface area contributed by atoms with E-state index in [0.717, 1.165) is 60.0 Å². The number of nitrogens with two attached hydrogens (primary N) is 3. The number of halogens is 2. The highest BCUT2D eigenvalue weighted by Gasteiger charge is 2.19. The molecular formula is C39H36Br2N10O5S2. The van der Waals surface area contributed by atoms with Gasteiger partial charge in [-0.25, -0.2) is 24.7 Å². The minimum Gasteiger partial charge on any atom is -0.494 e. The van der Waals surface area contributed by atoms with Gasteiger partial charge in [-0.2, -0.15) is 0 Å². The molecule has 0 unspecified atom stereocenters. The smallest absolute Gasteiger partial charge is 0.360 e. The average Bonchev–Trinajstić information content (AvgIpc) is 3.23. The number of esters is 1. The number of thioether (sulfide) groups is 2. The summed E-state index contributed by atoms with van der Waals surface area (Å²) in [5.74, 6) is 2.12. The molecule has 0 saturated heterocycles. The Morgan fingerprint density at radius 2 is 1.64 bits per heavy atom. The van der Waals surface area contributed by atoms with E-state index in [1.54, 1.807) is 54.5 Å². The van der Waals surface area contributed by atoms with Crippen LogP contribution < -0.4 is 32.0 Å². The number of ether oxygens (including phenoxy) is 3. The molecule has 0 saturated carbocycles. The Balaban J connectivity index is 0.000000196. The van der Waals surface area contributed by atoms with Gasteiger partial charge >= 0.3 is 5.97 Å². The van der Waals surface area contributed by atoms with Gasteiger partial charge in [-0.05, 0) is 61.4 Å². The van der Waals surface area contributed by atoms with Crippen LogP contribution in [0.25, 0.3) is 22.5 Å². The van der Waals surface area contributed by atoms with Crippen molar-refractivity contribution in [3.63, 3.8) is 0 Å². The Labute approximate surface area is 359 Å². The second-order valence-electron chi connectivity index (χ2n) is 12.1. The normalized spacial score (nSPS) is 12.3. The standard InChI is InChI=1S/C20H20BrN5O3S.C19H16BrN5O2S/c1-28-20(27)18-19(23)25-11-16(26-18)13-9-12(3-4-14(13)21)29-7-2-8-30-17-5-6-24-10-15(17)22;20-13-3-2-11-8-12(13)14-10-23-18(21)17(24-14)19(26)25-15-9-22-5-4-16(15)28-7-1-6-27-11/h3-6,9-11H,2,7-8,22H2,1H3,(H2,23,25);2-5,8-10H,1,6-7H2,(H2,21,23)(H,25,26). The van der Waals surface area contributed by atoms with Crippen molar-refractivity contribution in [2.45, 2.75) is 22.6 Å². The zero-order chi connectivity index (χ0) is 41.0. The molecule has 4 aromatic heterocycles. The zero-order valence-electron chi connectivity index (χ0n) is 30.9. The number of pyridine rings is 2. The second-order valence-corrected chi connectivity index (χ2v) is 16.1. The molecule has 5 heterocycles. The second kappa shape index (κ2) is 20.3. The van der Waals surface area contributed by atoms with Crippen molar-refractivity contribution < 1.29 is 23.8 Å². The number of rotatable bonds is 8. The van der Waals surface area contributed by atoms with Crippen molar-refractivity contribution in [2.75, 3.05) is 54.3 Å². The molecule has 0 aliphatic carbocycles. The lowest BCUT2D eigenvalue weighted by atomic mass is 10.1. The van der Waals surface area contributed by atoms with Crippen molar-refractivity contribution in [3.05, 3.63) is 106 Å². The third-order valence-corrected chi connectivity index (χ3v) is 11.8. The minimum atomic E-state index is -0.641. The Kier molecular flexibility index (Phi) is 14.7. The molecule has 1 aliphatic rings. The van der Waals surface area contributed by atoms with Crippen molar-refractivity contribution in [1.82, 2.24) is 29.9 Å². The van der Waals surface area contributed by atoms with E-state index in [0.29, 0.717) is 41.7 Å². The van der Waals surface area contributed by atoms with Gasteiger partial charge in [0.2, 0.25) is 0 Å². The molecule has 1 aliphatic heterocycles. The molecule has 2 aromatic carbocycles. The minimum absolute atomic E-state index is 0.0152. The first kappa shape index (κ1) is 42.1. The number of nitrogen functional groups attached to an aromatic ring is 3. The van der Waals surface area contributed by atoms with Gasteiger partial charge in [-0.3, -0.25) is 14.8 Å². The highest BCUT2D eigenvalue weighted by molar-refractivity contribution is 9.11. The van der Waals surface area contributed by atoms with Crippen LogP contribution in [0.4, 0.5) is 23.0 Å². The van der Waals surface area contributed by atoms with E-state index in [9.17, 15) is 9.59 Å². The van der Waals surface area contributed by atoms with Crippen LogP contribution in [0, 0.1) is 0 Å². The molecule has 7 rings (SSSR count). The maximum Gasteiger partial charge on any atom is 0.360 e. The Bertz CT molecular complexity index is 2430. The van der Waals surface area contributed by atoms with Gasteiger partial charge < -0.3 is 36.7 Å². The quantitative estimate of drug-likeness (QED) is 0.0647. The summed E-state index contributed by atoms with van der Waals surface area (Å²) in [5.41, 5.74) is 21.4. The number of methoxy groups -OCH3 is 1. The number of aromatic nitrogens is 6. The summed E-state index contributed by atoms with van der Waals surface area (Å²) in [6, 6.07) is 15.0. The van der Waals surface area contributed by atoms with Crippen LogP contribution >= 0.6 is 55.4 Å².